The highest BCUT2D eigenvalue weighted by molar-refractivity contribution is 5.80. The summed E-state index contributed by atoms with van der Waals surface area (Å²) in [5.74, 6) is 2.08. The second kappa shape index (κ2) is 6.25. The van der Waals surface area contributed by atoms with E-state index in [1.807, 2.05) is 0 Å². The summed E-state index contributed by atoms with van der Waals surface area (Å²) in [6.07, 6.45) is 6.91. The van der Waals surface area contributed by atoms with E-state index >= 15 is 0 Å². The minimum absolute atomic E-state index is 0.0281. The predicted octanol–water partition coefficient (Wildman–Crippen LogP) is 2.69. The first-order chi connectivity index (χ1) is 8.99. The first-order valence-electron chi connectivity index (χ1n) is 8.05. The van der Waals surface area contributed by atoms with Gasteiger partial charge in [0.1, 0.15) is 0 Å². The quantitative estimate of drug-likeness (QED) is 0.807. The fraction of sp³-hybridized carbons (Fsp3) is 0.938. The van der Waals surface area contributed by atoms with Crippen molar-refractivity contribution in [2.24, 2.45) is 29.4 Å². The highest BCUT2D eigenvalue weighted by Crippen LogP contribution is 2.31. The average molecular weight is 266 g/mol. The van der Waals surface area contributed by atoms with Crippen molar-refractivity contribution in [2.75, 3.05) is 0 Å². The summed E-state index contributed by atoms with van der Waals surface area (Å²) in [5.41, 5.74) is 6.17. The van der Waals surface area contributed by atoms with Gasteiger partial charge >= 0.3 is 0 Å². The van der Waals surface area contributed by atoms with Gasteiger partial charge in [0.25, 0.3) is 0 Å². The molecule has 0 heterocycles. The summed E-state index contributed by atoms with van der Waals surface area (Å²) >= 11 is 0. The fourth-order valence-electron chi connectivity index (χ4n) is 4.07. The second-order valence-electron chi connectivity index (χ2n) is 7.11. The van der Waals surface area contributed by atoms with E-state index in [-0.39, 0.29) is 17.9 Å². The van der Waals surface area contributed by atoms with Crippen molar-refractivity contribution >= 4 is 5.91 Å². The molecule has 0 saturated heterocycles. The Balaban J connectivity index is 1.92. The van der Waals surface area contributed by atoms with Gasteiger partial charge in [-0.05, 0) is 49.9 Å². The SMILES string of the molecule is CC1CCC(NC(=O)C2C(C)CCCC2N)C(C)C1. The van der Waals surface area contributed by atoms with Crippen LogP contribution in [0.15, 0.2) is 0 Å². The zero-order valence-corrected chi connectivity index (χ0v) is 12.7. The summed E-state index contributed by atoms with van der Waals surface area (Å²) in [5, 5.41) is 3.30. The summed E-state index contributed by atoms with van der Waals surface area (Å²) in [4.78, 5) is 12.5. The molecule has 2 rings (SSSR count). The molecule has 2 fully saturated rings. The molecule has 2 aliphatic carbocycles. The van der Waals surface area contributed by atoms with Crippen LogP contribution in [0.5, 0.6) is 0 Å². The van der Waals surface area contributed by atoms with E-state index in [1.54, 1.807) is 0 Å². The van der Waals surface area contributed by atoms with Crippen LogP contribution in [0.4, 0.5) is 0 Å². The molecule has 0 aromatic rings. The lowest BCUT2D eigenvalue weighted by Gasteiger charge is -2.37. The number of hydrogen-bond donors (Lipinski definition) is 2. The van der Waals surface area contributed by atoms with Crippen molar-refractivity contribution in [3.63, 3.8) is 0 Å². The Bertz CT molecular complexity index is 308. The van der Waals surface area contributed by atoms with Crippen LogP contribution in [-0.4, -0.2) is 18.0 Å². The molecule has 6 unspecified atom stereocenters. The molecule has 6 atom stereocenters. The van der Waals surface area contributed by atoms with E-state index < -0.39 is 0 Å². The lowest BCUT2D eigenvalue weighted by molar-refractivity contribution is -0.129. The molecule has 19 heavy (non-hydrogen) atoms. The Kier molecular flexibility index (Phi) is 4.88. The van der Waals surface area contributed by atoms with Gasteiger partial charge < -0.3 is 11.1 Å². The topological polar surface area (TPSA) is 55.1 Å². The van der Waals surface area contributed by atoms with Gasteiger partial charge in [-0.15, -0.1) is 0 Å². The van der Waals surface area contributed by atoms with E-state index in [1.165, 1.54) is 19.3 Å². The maximum atomic E-state index is 12.5. The van der Waals surface area contributed by atoms with Gasteiger partial charge in [0.2, 0.25) is 5.91 Å². The Morgan fingerprint density at radius 3 is 2.42 bits per heavy atom. The number of carbonyl (C=O) groups is 1. The smallest absolute Gasteiger partial charge is 0.225 e. The summed E-state index contributed by atoms with van der Waals surface area (Å²) in [7, 11) is 0. The van der Waals surface area contributed by atoms with Crippen molar-refractivity contribution in [1.82, 2.24) is 5.32 Å². The fourth-order valence-corrected chi connectivity index (χ4v) is 4.07. The lowest BCUT2D eigenvalue weighted by Crippen LogP contribution is -2.51. The number of carbonyl (C=O) groups excluding carboxylic acids is 1. The van der Waals surface area contributed by atoms with E-state index in [0.29, 0.717) is 17.9 Å². The van der Waals surface area contributed by atoms with Crippen LogP contribution in [0.3, 0.4) is 0 Å². The van der Waals surface area contributed by atoms with Crippen molar-refractivity contribution in [1.29, 1.82) is 0 Å². The second-order valence-corrected chi connectivity index (χ2v) is 7.11. The highest BCUT2D eigenvalue weighted by Gasteiger charge is 2.36. The van der Waals surface area contributed by atoms with Gasteiger partial charge in [0, 0.05) is 12.1 Å². The third-order valence-electron chi connectivity index (χ3n) is 5.33. The monoisotopic (exact) mass is 266 g/mol. The van der Waals surface area contributed by atoms with Crippen LogP contribution in [0, 0.1) is 23.7 Å². The Labute approximate surface area is 117 Å². The van der Waals surface area contributed by atoms with Crippen molar-refractivity contribution in [3.8, 4) is 0 Å². The van der Waals surface area contributed by atoms with Gasteiger partial charge in [-0.25, -0.2) is 0 Å². The van der Waals surface area contributed by atoms with Gasteiger partial charge in [-0.3, -0.25) is 4.79 Å². The van der Waals surface area contributed by atoms with Crippen LogP contribution < -0.4 is 11.1 Å². The van der Waals surface area contributed by atoms with E-state index in [0.717, 1.165) is 25.2 Å². The molecule has 110 valence electrons. The van der Waals surface area contributed by atoms with Gasteiger partial charge in [-0.1, -0.05) is 27.2 Å². The zero-order chi connectivity index (χ0) is 14.0. The van der Waals surface area contributed by atoms with Gasteiger partial charge in [-0.2, -0.15) is 0 Å². The molecule has 0 aliphatic heterocycles. The molecule has 0 bridgehead atoms. The molecule has 0 spiro atoms. The predicted molar refractivity (Wildman–Crippen MR) is 78.6 cm³/mol. The summed E-state index contributed by atoms with van der Waals surface area (Å²) in [6.45, 7) is 6.76. The van der Waals surface area contributed by atoms with Crippen LogP contribution in [-0.2, 0) is 4.79 Å². The molecule has 0 radical (unpaired) electrons. The number of nitrogens with two attached hydrogens (primary N) is 1. The van der Waals surface area contributed by atoms with Gasteiger partial charge in [0.05, 0.1) is 5.92 Å². The van der Waals surface area contributed by atoms with Crippen molar-refractivity contribution < 1.29 is 4.79 Å². The first-order valence-corrected chi connectivity index (χ1v) is 8.05. The van der Waals surface area contributed by atoms with Crippen LogP contribution in [0.2, 0.25) is 0 Å². The Hall–Kier alpha value is -0.570. The van der Waals surface area contributed by atoms with Crippen molar-refractivity contribution in [3.05, 3.63) is 0 Å². The number of nitrogens with one attached hydrogen (secondary N) is 1. The zero-order valence-electron chi connectivity index (χ0n) is 12.7. The Morgan fingerprint density at radius 2 is 1.79 bits per heavy atom. The van der Waals surface area contributed by atoms with E-state index in [9.17, 15) is 4.79 Å². The minimum atomic E-state index is 0.0281. The van der Waals surface area contributed by atoms with E-state index in [4.69, 9.17) is 5.73 Å². The molecule has 2 saturated carbocycles. The number of hydrogen-bond acceptors (Lipinski definition) is 2. The van der Waals surface area contributed by atoms with Gasteiger partial charge in [0.15, 0.2) is 0 Å². The maximum absolute atomic E-state index is 12.5. The standard InChI is InChI=1S/C16H30N2O/c1-10-7-8-14(12(3)9-10)18-16(19)15-11(2)5-4-6-13(15)17/h10-15H,4-9,17H2,1-3H3,(H,18,19). The summed E-state index contributed by atoms with van der Waals surface area (Å²) < 4.78 is 0. The largest absolute Gasteiger partial charge is 0.353 e. The molecule has 3 heteroatoms. The molecular formula is C16H30N2O. The van der Waals surface area contributed by atoms with Crippen LogP contribution >= 0.6 is 0 Å². The molecule has 3 N–H and O–H groups in total. The number of amides is 1. The van der Waals surface area contributed by atoms with Crippen LogP contribution in [0.1, 0.15) is 59.3 Å². The molecule has 0 aromatic carbocycles. The third kappa shape index (κ3) is 3.50. The molecule has 0 aromatic heterocycles. The minimum Gasteiger partial charge on any atom is -0.353 e. The van der Waals surface area contributed by atoms with Crippen LogP contribution in [0.25, 0.3) is 0 Å². The lowest BCUT2D eigenvalue weighted by atomic mass is 9.75. The van der Waals surface area contributed by atoms with E-state index in [2.05, 4.69) is 26.1 Å². The normalized spacial score (nSPS) is 43.8. The van der Waals surface area contributed by atoms with Crippen molar-refractivity contribution in [2.45, 2.75) is 71.4 Å². The first kappa shape index (κ1) is 14.8. The average Bonchev–Trinajstić information content (AvgIpc) is 2.32. The molecule has 2 aliphatic rings. The summed E-state index contributed by atoms with van der Waals surface area (Å²) in [6, 6.07) is 0.423. The maximum Gasteiger partial charge on any atom is 0.225 e. The Morgan fingerprint density at radius 1 is 1.05 bits per heavy atom. The molecule has 1 amide bonds. The third-order valence-corrected chi connectivity index (χ3v) is 5.33. The molecular weight excluding hydrogens is 236 g/mol. The number of rotatable bonds is 2. The molecule has 3 nitrogen and oxygen atoms in total. The highest BCUT2D eigenvalue weighted by atomic mass is 16.2.